The molecule has 0 fully saturated rings. The van der Waals surface area contributed by atoms with Crippen LogP contribution in [0.5, 0.6) is 0 Å². The van der Waals surface area contributed by atoms with Crippen molar-refractivity contribution in [2.24, 2.45) is 5.92 Å². The van der Waals surface area contributed by atoms with Crippen LogP contribution in [0.1, 0.15) is 18.1 Å². The fourth-order valence-electron chi connectivity index (χ4n) is 2.85. The van der Waals surface area contributed by atoms with E-state index in [0.29, 0.717) is 15.7 Å². The van der Waals surface area contributed by atoms with Gasteiger partial charge >= 0.3 is 17.3 Å². The second-order valence-electron chi connectivity index (χ2n) is 7.15. The van der Waals surface area contributed by atoms with Crippen LogP contribution in [0.2, 0.25) is 10.0 Å². The van der Waals surface area contributed by atoms with Crippen LogP contribution in [0.25, 0.3) is 0 Å². The zero-order valence-electron chi connectivity index (χ0n) is 16.8. The van der Waals surface area contributed by atoms with Crippen molar-refractivity contribution in [3.05, 3.63) is 84.6 Å². The van der Waals surface area contributed by atoms with Gasteiger partial charge < -0.3 is 10.4 Å². The topological polar surface area (TPSA) is 106 Å². The van der Waals surface area contributed by atoms with E-state index in [1.165, 1.54) is 11.5 Å². The Bertz CT molecular complexity index is 1240. The summed E-state index contributed by atoms with van der Waals surface area (Å²) in [5, 5.41) is 13.2. The van der Waals surface area contributed by atoms with Crippen LogP contribution < -0.4 is 16.7 Å². The summed E-state index contributed by atoms with van der Waals surface area (Å²) in [4.78, 5) is 40.9. The number of anilines is 2. The van der Waals surface area contributed by atoms with E-state index in [2.05, 4.69) is 10.3 Å². The average Bonchev–Trinajstić information content (AvgIpc) is 2.72. The van der Waals surface area contributed by atoms with Crippen LogP contribution in [0.4, 0.5) is 11.6 Å². The minimum atomic E-state index is -1.12. The van der Waals surface area contributed by atoms with Gasteiger partial charge in [0.05, 0.1) is 12.5 Å². The van der Waals surface area contributed by atoms with Gasteiger partial charge in [0.25, 0.3) is 0 Å². The number of nitrogens with one attached hydrogen (secondary N) is 1. The van der Waals surface area contributed by atoms with E-state index in [1.807, 2.05) is 6.92 Å². The Morgan fingerprint density at radius 1 is 1.13 bits per heavy atom. The maximum absolute atomic E-state index is 13.2. The van der Waals surface area contributed by atoms with Crippen LogP contribution >= 0.6 is 23.2 Å². The zero-order chi connectivity index (χ0) is 22.7. The number of benzene rings is 2. The Labute approximate surface area is 187 Å². The number of nitrogens with zero attached hydrogens (tertiary/aromatic N) is 3. The van der Waals surface area contributed by atoms with Crippen molar-refractivity contribution < 1.29 is 9.90 Å². The van der Waals surface area contributed by atoms with Crippen molar-refractivity contribution in [3.63, 3.8) is 0 Å². The number of carbonyl (C=O) groups is 1. The van der Waals surface area contributed by atoms with Crippen molar-refractivity contribution in [2.45, 2.75) is 26.9 Å². The lowest BCUT2D eigenvalue weighted by atomic mass is 10.2. The summed E-state index contributed by atoms with van der Waals surface area (Å²) in [7, 11) is 0. The molecule has 162 valence electrons. The van der Waals surface area contributed by atoms with Crippen molar-refractivity contribution >= 4 is 40.8 Å². The maximum atomic E-state index is 13.2. The third kappa shape index (κ3) is 5.34. The molecule has 2 aromatic carbocycles. The first-order chi connectivity index (χ1) is 14.7. The van der Waals surface area contributed by atoms with Gasteiger partial charge in [0, 0.05) is 22.3 Å². The summed E-state index contributed by atoms with van der Waals surface area (Å²) in [5.74, 6) is -2.04. The van der Waals surface area contributed by atoms with Gasteiger partial charge in [0.15, 0.2) is 0 Å². The molecule has 31 heavy (non-hydrogen) atoms. The highest BCUT2D eigenvalue weighted by Crippen LogP contribution is 2.22. The van der Waals surface area contributed by atoms with E-state index < -0.39 is 23.3 Å². The molecule has 3 rings (SSSR count). The van der Waals surface area contributed by atoms with Gasteiger partial charge in [-0.25, -0.2) is 14.2 Å². The third-order valence-corrected chi connectivity index (χ3v) is 5.37. The zero-order valence-corrected chi connectivity index (χ0v) is 18.3. The van der Waals surface area contributed by atoms with Gasteiger partial charge in [-0.3, -0.25) is 9.36 Å². The average molecular weight is 463 g/mol. The quantitative estimate of drug-likeness (QED) is 0.556. The number of carboxylic acid groups (broad SMARTS) is 1. The number of aliphatic carboxylic acids is 1. The lowest BCUT2D eigenvalue weighted by molar-refractivity contribution is -0.141. The van der Waals surface area contributed by atoms with E-state index in [4.69, 9.17) is 23.2 Å². The first kappa shape index (κ1) is 22.6. The van der Waals surface area contributed by atoms with Crippen LogP contribution in [0.3, 0.4) is 0 Å². The molecule has 8 nitrogen and oxygen atoms in total. The Balaban J connectivity index is 2.10. The summed E-state index contributed by atoms with van der Waals surface area (Å²) < 4.78 is 2.09. The predicted octanol–water partition coefficient (Wildman–Crippen LogP) is 3.53. The number of hydrogen-bond acceptors (Lipinski definition) is 5. The van der Waals surface area contributed by atoms with Gasteiger partial charge in [-0.05, 0) is 42.3 Å². The molecular weight excluding hydrogens is 443 g/mol. The van der Waals surface area contributed by atoms with Crippen molar-refractivity contribution in [2.75, 3.05) is 5.32 Å². The van der Waals surface area contributed by atoms with Crippen LogP contribution in [0.15, 0.2) is 52.1 Å². The molecule has 0 unspecified atom stereocenters. The second-order valence-corrected chi connectivity index (χ2v) is 8.00. The first-order valence-corrected chi connectivity index (χ1v) is 10.1. The number of halogens is 2. The summed E-state index contributed by atoms with van der Waals surface area (Å²) in [6, 6.07) is 12.1. The van der Waals surface area contributed by atoms with E-state index in [-0.39, 0.29) is 19.0 Å². The van der Waals surface area contributed by atoms with Crippen molar-refractivity contribution in [1.29, 1.82) is 0 Å². The Morgan fingerprint density at radius 3 is 2.42 bits per heavy atom. The van der Waals surface area contributed by atoms with Gasteiger partial charge in [-0.2, -0.15) is 4.98 Å². The minimum absolute atomic E-state index is 0.0177. The predicted molar refractivity (Wildman–Crippen MR) is 120 cm³/mol. The fourth-order valence-corrected chi connectivity index (χ4v) is 3.15. The molecule has 0 saturated heterocycles. The Morgan fingerprint density at radius 2 is 1.81 bits per heavy atom. The second kappa shape index (κ2) is 9.36. The molecule has 0 bridgehead atoms. The molecule has 1 heterocycles. The standard InChI is InChI=1S/C21H20Cl2N4O4/c1-12-3-8-16(9-17(12)23)24-19-25-20(30)27(10-13(2)18(28)29)21(31)26(19)11-14-4-6-15(22)7-5-14/h3-9,13H,10-11H2,1-2H3,(H,28,29)(H,24,25,30)/t13-/m0/s1. The van der Waals surface area contributed by atoms with Gasteiger partial charge in [0.1, 0.15) is 0 Å². The molecule has 0 aliphatic rings. The molecule has 3 aromatic rings. The number of hydrogen-bond donors (Lipinski definition) is 2. The largest absolute Gasteiger partial charge is 0.481 e. The summed E-state index contributed by atoms with van der Waals surface area (Å²) in [6.45, 7) is 3.06. The highest BCUT2D eigenvalue weighted by atomic mass is 35.5. The lowest BCUT2D eigenvalue weighted by Gasteiger charge is -2.17. The number of carboxylic acids is 1. The van der Waals surface area contributed by atoms with Crippen molar-refractivity contribution in [3.8, 4) is 0 Å². The monoisotopic (exact) mass is 462 g/mol. The van der Waals surface area contributed by atoms with Gasteiger partial charge in [-0.15, -0.1) is 0 Å². The minimum Gasteiger partial charge on any atom is -0.481 e. The number of rotatable bonds is 7. The number of aromatic nitrogens is 3. The molecule has 0 aliphatic heterocycles. The van der Waals surface area contributed by atoms with E-state index in [0.717, 1.165) is 15.7 Å². The van der Waals surface area contributed by atoms with Crippen LogP contribution in [-0.4, -0.2) is 25.2 Å². The summed E-state index contributed by atoms with van der Waals surface area (Å²) in [5.41, 5.74) is 0.643. The van der Waals surface area contributed by atoms with E-state index in [1.54, 1.807) is 42.5 Å². The Kier molecular flexibility index (Phi) is 6.82. The van der Waals surface area contributed by atoms with E-state index in [9.17, 15) is 19.5 Å². The third-order valence-electron chi connectivity index (χ3n) is 4.71. The molecular formula is C21H20Cl2N4O4. The molecule has 10 heteroatoms. The lowest BCUT2D eigenvalue weighted by Crippen LogP contribution is -2.44. The Hall–Kier alpha value is -3.10. The van der Waals surface area contributed by atoms with Gasteiger partial charge in [-0.1, -0.05) is 48.3 Å². The highest BCUT2D eigenvalue weighted by molar-refractivity contribution is 6.31. The fraction of sp³-hybridized carbons (Fsp3) is 0.238. The summed E-state index contributed by atoms with van der Waals surface area (Å²) in [6.07, 6.45) is 0. The molecule has 0 aliphatic carbocycles. The SMILES string of the molecule is Cc1ccc(Nc2nc(=O)n(C[C@H](C)C(=O)O)c(=O)n2Cc2ccc(Cl)cc2)cc1Cl. The molecule has 0 saturated carbocycles. The van der Waals surface area contributed by atoms with E-state index >= 15 is 0 Å². The van der Waals surface area contributed by atoms with Gasteiger partial charge in [0.2, 0.25) is 5.95 Å². The number of aryl methyl sites for hydroxylation is 1. The smallest absolute Gasteiger partial charge is 0.354 e. The molecule has 1 atom stereocenters. The first-order valence-electron chi connectivity index (χ1n) is 9.38. The molecule has 1 aromatic heterocycles. The highest BCUT2D eigenvalue weighted by Gasteiger charge is 2.19. The van der Waals surface area contributed by atoms with Crippen LogP contribution in [0, 0.1) is 12.8 Å². The molecule has 0 radical (unpaired) electrons. The molecule has 2 N–H and O–H groups in total. The summed E-state index contributed by atoms with van der Waals surface area (Å²) >= 11 is 12.1. The molecule has 0 amide bonds. The normalized spacial score (nSPS) is 11.9. The van der Waals surface area contributed by atoms with Crippen LogP contribution in [-0.2, 0) is 17.9 Å². The molecule has 0 spiro atoms. The van der Waals surface area contributed by atoms with Crippen molar-refractivity contribution in [1.82, 2.24) is 14.1 Å². The maximum Gasteiger partial charge on any atom is 0.354 e.